The smallest absolute Gasteiger partial charge is 0.144 e. The number of amidine groups is 1. The van der Waals surface area contributed by atoms with Gasteiger partial charge in [-0.05, 0) is 37.3 Å². The molecule has 0 atom stereocenters. The number of aromatic nitrogens is 2. The molecule has 1 saturated heterocycles. The Hall–Kier alpha value is -3.33. The van der Waals surface area contributed by atoms with Crippen LogP contribution in [0.5, 0.6) is 0 Å². The molecule has 9 heteroatoms. The van der Waals surface area contributed by atoms with Crippen LogP contribution >= 0.6 is 0 Å². The lowest BCUT2D eigenvalue weighted by Crippen LogP contribution is -2.47. The van der Waals surface area contributed by atoms with Crippen molar-refractivity contribution >= 4 is 22.9 Å². The monoisotopic (exact) mass is 440 g/mol. The van der Waals surface area contributed by atoms with E-state index in [9.17, 15) is 13.2 Å². The van der Waals surface area contributed by atoms with Crippen LogP contribution in [0, 0.1) is 18.6 Å². The Labute approximate surface area is 183 Å². The van der Waals surface area contributed by atoms with Crippen LogP contribution in [0.15, 0.2) is 41.4 Å². The van der Waals surface area contributed by atoms with Gasteiger partial charge in [0.15, 0.2) is 0 Å². The summed E-state index contributed by atoms with van der Waals surface area (Å²) < 4.78 is 41.7. The van der Waals surface area contributed by atoms with Crippen LogP contribution in [0.4, 0.5) is 30.2 Å². The number of hydrogen-bond donors (Lipinski definition) is 2. The van der Waals surface area contributed by atoms with Crippen molar-refractivity contribution in [2.75, 3.05) is 49.6 Å². The summed E-state index contributed by atoms with van der Waals surface area (Å²) in [5.74, 6) is -1.28. The number of halogens is 3. The summed E-state index contributed by atoms with van der Waals surface area (Å²) in [6.07, 6.45) is 0. The molecule has 0 unspecified atom stereocenters. The molecule has 2 aromatic carbocycles. The van der Waals surface area contributed by atoms with E-state index in [1.807, 2.05) is 18.2 Å². The SMILES string of the molecule is Cc1n[nH]c2c1N=C(c1c(F)cccc1F)Nc1ccc(N3CCN(CCF)CC3)cc1-2. The van der Waals surface area contributed by atoms with Crippen molar-refractivity contribution in [3.63, 3.8) is 0 Å². The van der Waals surface area contributed by atoms with Gasteiger partial charge in [0, 0.05) is 49.7 Å². The molecule has 3 aromatic rings. The Bertz CT molecular complexity index is 1160. The molecule has 0 amide bonds. The van der Waals surface area contributed by atoms with Gasteiger partial charge in [-0.15, -0.1) is 0 Å². The van der Waals surface area contributed by atoms with Crippen LogP contribution in [-0.4, -0.2) is 60.3 Å². The number of rotatable bonds is 4. The predicted octanol–water partition coefficient (Wildman–Crippen LogP) is 4.26. The van der Waals surface area contributed by atoms with E-state index in [4.69, 9.17) is 0 Å². The number of nitrogens with one attached hydrogen (secondary N) is 2. The first-order valence-electron chi connectivity index (χ1n) is 10.6. The molecule has 0 spiro atoms. The molecular formula is C23H23F3N6. The number of nitrogens with zero attached hydrogens (tertiary/aromatic N) is 4. The zero-order chi connectivity index (χ0) is 22.2. The number of benzene rings is 2. The Morgan fingerprint density at radius 2 is 1.78 bits per heavy atom. The number of aliphatic imine (C=N–C) groups is 1. The lowest BCUT2D eigenvalue weighted by Gasteiger charge is -2.36. The van der Waals surface area contributed by atoms with E-state index in [-0.39, 0.29) is 18.1 Å². The zero-order valence-corrected chi connectivity index (χ0v) is 17.6. The van der Waals surface area contributed by atoms with Crippen molar-refractivity contribution < 1.29 is 13.2 Å². The Morgan fingerprint density at radius 1 is 1.03 bits per heavy atom. The average molecular weight is 440 g/mol. The molecule has 166 valence electrons. The number of alkyl halides is 1. The van der Waals surface area contributed by atoms with Crippen LogP contribution in [0.2, 0.25) is 0 Å². The molecule has 0 bridgehead atoms. The number of piperazine rings is 1. The van der Waals surface area contributed by atoms with Crippen LogP contribution in [0.1, 0.15) is 11.3 Å². The molecule has 1 aromatic heterocycles. The number of hydrogen-bond acceptors (Lipinski definition) is 5. The fourth-order valence-electron chi connectivity index (χ4n) is 4.25. The zero-order valence-electron chi connectivity index (χ0n) is 17.6. The summed E-state index contributed by atoms with van der Waals surface area (Å²) in [6, 6.07) is 9.64. The van der Waals surface area contributed by atoms with Crippen molar-refractivity contribution in [1.29, 1.82) is 0 Å². The molecule has 2 N–H and O–H groups in total. The highest BCUT2D eigenvalue weighted by Crippen LogP contribution is 2.41. The first-order valence-corrected chi connectivity index (χ1v) is 10.6. The van der Waals surface area contributed by atoms with Gasteiger partial charge in [-0.1, -0.05) is 6.07 Å². The van der Waals surface area contributed by atoms with Gasteiger partial charge in [0.1, 0.15) is 29.8 Å². The second-order valence-electron chi connectivity index (χ2n) is 7.96. The first-order chi connectivity index (χ1) is 15.5. The van der Waals surface area contributed by atoms with Gasteiger partial charge in [-0.3, -0.25) is 10.00 Å². The molecule has 3 heterocycles. The maximum atomic E-state index is 14.5. The maximum absolute atomic E-state index is 14.5. The molecule has 0 aliphatic carbocycles. The Kier molecular flexibility index (Phi) is 5.34. The van der Waals surface area contributed by atoms with Crippen molar-refractivity contribution in [3.8, 4) is 11.3 Å². The first kappa shape index (κ1) is 20.6. The topological polar surface area (TPSA) is 59.6 Å². The molecule has 0 saturated carbocycles. The summed E-state index contributed by atoms with van der Waals surface area (Å²) >= 11 is 0. The molecule has 2 aliphatic heterocycles. The second kappa shape index (κ2) is 8.31. The molecule has 6 nitrogen and oxygen atoms in total. The number of fused-ring (bicyclic) bond motifs is 3. The fraction of sp³-hybridized carbons (Fsp3) is 0.304. The Morgan fingerprint density at radius 3 is 2.50 bits per heavy atom. The number of anilines is 2. The van der Waals surface area contributed by atoms with E-state index in [0.717, 1.165) is 37.4 Å². The van der Waals surface area contributed by atoms with E-state index in [2.05, 4.69) is 30.3 Å². The highest BCUT2D eigenvalue weighted by molar-refractivity contribution is 6.13. The summed E-state index contributed by atoms with van der Waals surface area (Å²) in [5, 5.41) is 10.4. The Balaban J connectivity index is 1.54. The van der Waals surface area contributed by atoms with Crippen LogP contribution < -0.4 is 10.2 Å². The summed E-state index contributed by atoms with van der Waals surface area (Å²) in [7, 11) is 0. The largest absolute Gasteiger partial charge is 0.369 e. The fourth-order valence-corrected chi connectivity index (χ4v) is 4.25. The number of aryl methyl sites for hydroxylation is 1. The quantitative estimate of drug-likeness (QED) is 0.637. The molecular weight excluding hydrogens is 417 g/mol. The summed E-state index contributed by atoms with van der Waals surface area (Å²) in [6.45, 7) is 5.11. The van der Waals surface area contributed by atoms with Crippen LogP contribution in [-0.2, 0) is 0 Å². The lowest BCUT2D eigenvalue weighted by atomic mass is 10.1. The average Bonchev–Trinajstić information content (AvgIpc) is 3.06. The van der Waals surface area contributed by atoms with Gasteiger partial charge in [0.2, 0.25) is 0 Å². The minimum atomic E-state index is -0.690. The van der Waals surface area contributed by atoms with Gasteiger partial charge in [-0.2, -0.15) is 5.10 Å². The van der Waals surface area contributed by atoms with Gasteiger partial charge in [0.05, 0.1) is 17.0 Å². The van der Waals surface area contributed by atoms with Gasteiger partial charge < -0.3 is 10.2 Å². The highest BCUT2D eigenvalue weighted by Gasteiger charge is 2.25. The van der Waals surface area contributed by atoms with Crippen LogP contribution in [0.25, 0.3) is 11.3 Å². The summed E-state index contributed by atoms with van der Waals surface area (Å²) in [5.41, 5.74) is 4.17. The van der Waals surface area contributed by atoms with Gasteiger partial charge >= 0.3 is 0 Å². The van der Waals surface area contributed by atoms with Crippen molar-refractivity contribution in [3.05, 3.63) is 59.3 Å². The number of aromatic amines is 1. The van der Waals surface area contributed by atoms with E-state index >= 15 is 0 Å². The summed E-state index contributed by atoms with van der Waals surface area (Å²) in [4.78, 5) is 8.92. The third kappa shape index (κ3) is 3.62. The normalized spacial score (nSPS) is 16.1. The second-order valence-corrected chi connectivity index (χ2v) is 7.96. The maximum Gasteiger partial charge on any atom is 0.144 e. The molecule has 2 aliphatic rings. The number of H-pyrrole nitrogens is 1. The third-order valence-corrected chi connectivity index (χ3v) is 6.00. The predicted molar refractivity (Wildman–Crippen MR) is 120 cm³/mol. The van der Waals surface area contributed by atoms with E-state index in [1.54, 1.807) is 6.92 Å². The minimum absolute atomic E-state index is 0.0951. The molecule has 0 radical (unpaired) electrons. The van der Waals surface area contributed by atoms with Crippen molar-refractivity contribution in [2.24, 2.45) is 4.99 Å². The van der Waals surface area contributed by atoms with E-state index in [1.165, 1.54) is 18.2 Å². The van der Waals surface area contributed by atoms with Crippen molar-refractivity contribution in [1.82, 2.24) is 15.1 Å². The van der Waals surface area contributed by atoms with E-state index in [0.29, 0.717) is 29.3 Å². The molecule has 5 rings (SSSR count). The van der Waals surface area contributed by atoms with Gasteiger partial charge in [-0.25, -0.2) is 18.2 Å². The van der Waals surface area contributed by atoms with E-state index < -0.39 is 11.6 Å². The molecule has 32 heavy (non-hydrogen) atoms. The standard InChI is InChI=1S/C23H23F3N6/c1-14-21-22(30-29-14)16-13-15(32-11-9-31(8-7-24)10-12-32)5-6-19(16)27-23(28-21)20-17(25)3-2-4-18(20)26/h2-6,13H,7-12H2,1H3,(H,27,28)(H,29,30). The highest BCUT2D eigenvalue weighted by atomic mass is 19.1. The van der Waals surface area contributed by atoms with Crippen molar-refractivity contribution in [2.45, 2.75) is 6.92 Å². The van der Waals surface area contributed by atoms with Gasteiger partial charge in [0.25, 0.3) is 0 Å². The minimum Gasteiger partial charge on any atom is -0.369 e. The third-order valence-electron chi connectivity index (χ3n) is 6.00. The van der Waals surface area contributed by atoms with Crippen LogP contribution in [0.3, 0.4) is 0 Å². The molecule has 1 fully saturated rings. The lowest BCUT2D eigenvalue weighted by molar-refractivity contribution is 0.235.